The number of ether oxygens (including phenoxy) is 1. The van der Waals surface area contributed by atoms with E-state index in [-0.39, 0.29) is 45.6 Å². The third kappa shape index (κ3) is 7.78. The van der Waals surface area contributed by atoms with Crippen LogP contribution >= 0.6 is 11.6 Å². The number of carboxylic acids is 1. The van der Waals surface area contributed by atoms with E-state index in [9.17, 15) is 18.3 Å². The number of aromatic carboxylic acids is 1. The lowest BCUT2D eigenvalue weighted by atomic mass is 9.68. The zero-order valence-electron chi connectivity index (χ0n) is 29.6. The molecule has 268 valence electrons. The number of anilines is 1. The third-order valence-corrected chi connectivity index (χ3v) is 17.9. The van der Waals surface area contributed by atoms with Crippen LogP contribution in [0, 0.1) is 23.7 Å². The van der Waals surface area contributed by atoms with Crippen molar-refractivity contribution in [1.29, 1.82) is 0 Å². The van der Waals surface area contributed by atoms with Crippen LogP contribution in [0.15, 0.2) is 48.6 Å². The summed E-state index contributed by atoms with van der Waals surface area (Å²) >= 11 is 6.45. The summed E-state index contributed by atoms with van der Waals surface area (Å²) in [6.07, 6.45) is 11.3. The minimum Gasteiger partial charge on any atom is -0.490 e. The molecule has 1 heterocycles. The maximum Gasteiger partial charge on any atom is 0.335 e. The number of nitrogens with two attached hydrogens (primary N) is 1. The van der Waals surface area contributed by atoms with Gasteiger partial charge in [0, 0.05) is 23.5 Å². The summed E-state index contributed by atoms with van der Waals surface area (Å²) in [5, 5.41) is 16.1. The topological polar surface area (TPSA) is 119 Å². The summed E-state index contributed by atoms with van der Waals surface area (Å²) < 4.78 is 37.5. The Kier molecular flexibility index (Phi) is 10.1. The molecule has 0 radical (unpaired) electrons. The van der Waals surface area contributed by atoms with E-state index in [0.29, 0.717) is 12.5 Å². The molecule has 4 aliphatic rings. The molecule has 0 amide bonds. The van der Waals surface area contributed by atoms with Gasteiger partial charge in [-0.15, -0.1) is 0 Å². The van der Waals surface area contributed by atoms with Crippen molar-refractivity contribution >= 4 is 41.6 Å². The number of fused-ring (bicyclic) bond motifs is 3. The van der Waals surface area contributed by atoms with E-state index in [1.54, 1.807) is 12.1 Å². The van der Waals surface area contributed by atoms with Gasteiger partial charge in [-0.25, -0.2) is 18.4 Å². The number of carbonyl (C=O) groups is 1. The number of carboxylic acid groups (broad SMARTS) is 1. The second-order valence-corrected chi connectivity index (χ2v) is 23.5. The summed E-state index contributed by atoms with van der Waals surface area (Å²) in [6.45, 7) is 13.4. The maximum absolute atomic E-state index is 12.1. The summed E-state index contributed by atoms with van der Waals surface area (Å²) in [7, 11) is -5.68. The number of benzene rings is 2. The van der Waals surface area contributed by atoms with E-state index in [1.807, 2.05) is 12.1 Å². The van der Waals surface area contributed by atoms with Gasteiger partial charge in [-0.05, 0) is 128 Å². The number of rotatable bonds is 10. The van der Waals surface area contributed by atoms with Crippen LogP contribution in [0.5, 0.6) is 5.75 Å². The Balaban J connectivity index is 1.31. The van der Waals surface area contributed by atoms with Crippen molar-refractivity contribution in [3.63, 3.8) is 0 Å². The molecule has 1 unspecified atom stereocenters. The molecule has 2 fully saturated rings. The molecule has 6 atom stereocenters. The van der Waals surface area contributed by atoms with Crippen LogP contribution in [0.4, 0.5) is 5.69 Å². The normalized spacial score (nSPS) is 27.8. The Morgan fingerprint density at radius 1 is 1.16 bits per heavy atom. The Bertz CT molecular complexity index is 1710. The second kappa shape index (κ2) is 13.6. The zero-order valence-corrected chi connectivity index (χ0v) is 32.2. The standard InChI is InChI=1S/C38H53ClN2O6SSi/c1-37(2,3)49(4,5)47-34(16-11-25-8-9-29(25)22-48(40,44)45)31-14-10-28(31)21-41-23-38(18-6-7-26-19-30(39)13-15-32(26)38)24-46-35-17-12-27(36(42)43)20-33(35)41/h11-13,15-17,19-20,25,28-29,31,34H,6-10,14,18,21-24H2,1-5H3,(H,42,43)(H2,40,44,45)/b16-11-/t25-,28-,29-,31+,34?,38-/m0/s1. The van der Waals surface area contributed by atoms with Crippen LogP contribution in [0.3, 0.4) is 0 Å². The minimum atomic E-state index is -3.52. The van der Waals surface area contributed by atoms with Crippen molar-refractivity contribution in [1.82, 2.24) is 0 Å². The van der Waals surface area contributed by atoms with Crippen molar-refractivity contribution in [3.8, 4) is 5.75 Å². The van der Waals surface area contributed by atoms with Gasteiger partial charge in [-0.2, -0.15) is 0 Å². The summed E-state index contributed by atoms with van der Waals surface area (Å²) in [5.41, 5.74) is 3.38. The van der Waals surface area contributed by atoms with E-state index in [4.69, 9.17) is 25.9 Å². The molecule has 8 nitrogen and oxygen atoms in total. The first-order valence-electron chi connectivity index (χ1n) is 17.9. The predicted molar refractivity (Wildman–Crippen MR) is 199 cm³/mol. The van der Waals surface area contributed by atoms with E-state index in [1.165, 1.54) is 11.1 Å². The molecule has 0 bridgehead atoms. The smallest absolute Gasteiger partial charge is 0.335 e. The molecule has 2 aromatic carbocycles. The van der Waals surface area contributed by atoms with E-state index < -0.39 is 24.3 Å². The number of nitrogens with zero attached hydrogens (tertiary/aromatic N) is 1. The molecule has 1 spiro atoms. The molecule has 0 aromatic heterocycles. The highest BCUT2D eigenvalue weighted by atomic mass is 35.5. The van der Waals surface area contributed by atoms with Gasteiger partial charge in [-0.1, -0.05) is 50.6 Å². The van der Waals surface area contributed by atoms with E-state index in [0.717, 1.165) is 74.5 Å². The van der Waals surface area contributed by atoms with Crippen LogP contribution in [0.2, 0.25) is 23.2 Å². The summed E-state index contributed by atoms with van der Waals surface area (Å²) in [5.74, 6) is 0.638. The quantitative estimate of drug-likeness (QED) is 0.189. The molecular weight excluding hydrogens is 676 g/mol. The number of sulfonamides is 1. The van der Waals surface area contributed by atoms with Crippen LogP contribution < -0.4 is 14.8 Å². The number of hydrogen-bond donors (Lipinski definition) is 2. The fourth-order valence-corrected chi connectivity index (χ4v) is 10.7. The number of aryl methyl sites for hydroxylation is 1. The van der Waals surface area contributed by atoms with Gasteiger partial charge in [-0.3, -0.25) is 0 Å². The van der Waals surface area contributed by atoms with Gasteiger partial charge >= 0.3 is 5.97 Å². The summed E-state index contributed by atoms with van der Waals surface area (Å²) in [6, 6.07) is 11.5. The number of hydrogen-bond acceptors (Lipinski definition) is 6. The molecular formula is C38H53ClN2O6SSi. The lowest BCUT2D eigenvalue weighted by Gasteiger charge is -2.48. The van der Waals surface area contributed by atoms with Gasteiger partial charge < -0.3 is 19.2 Å². The maximum atomic E-state index is 12.1. The Hall–Kier alpha value is -2.37. The van der Waals surface area contributed by atoms with E-state index >= 15 is 0 Å². The molecule has 6 rings (SSSR count). The molecule has 3 aliphatic carbocycles. The van der Waals surface area contributed by atoms with Crippen molar-refractivity contribution in [2.24, 2.45) is 28.8 Å². The van der Waals surface area contributed by atoms with Gasteiger partial charge in [0.15, 0.2) is 8.32 Å². The second-order valence-electron chi connectivity index (χ2n) is 16.7. The summed E-state index contributed by atoms with van der Waals surface area (Å²) in [4.78, 5) is 14.5. The first kappa shape index (κ1) is 36.4. The van der Waals surface area contributed by atoms with Gasteiger partial charge in [0.05, 0.1) is 29.7 Å². The first-order chi connectivity index (χ1) is 22.9. The fraction of sp³-hybridized carbons (Fsp3) is 0.605. The fourth-order valence-electron chi connectivity index (χ4n) is 8.18. The highest BCUT2D eigenvalue weighted by Gasteiger charge is 2.47. The van der Waals surface area contributed by atoms with Crippen molar-refractivity contribution < 1.29 is 27.5 Å². The number of allylic oxidation sites excluding steroid dienone is 1. The zero-order chi connectivity index (χ0) is 35.4. The molecule has 2 saturated carbocycles. The largest absolute Gasteiger partial charge is 0.490 e. The van der Waals surface area contributed by atoms with Crippen molar-refractivity contribution in [2.45, 2.75) is 95.4 Å². The van der Waals surface area contributed by atoms with Crippen LogP contribution in [-0.2, 0) is 26.3 Å². The predicted octanol–water partition coefficient (Wildman–Crippen LogP) is 7.80. The monoisotopic (exact) mass is 728 g/mol. The Morgan fingerprint density at radius 2 is 1.92 bits per heavy atom. The molecule has 0 saturated heterocycles. The average Bonchev–Trinajstić information content (AvgIpc) is 3.13. The molecule has 3 N–H and O–H groups in total. The Morgan fingerprint density at radius 3 is 2.55 bits per heavy atom. The lowest BCUT2D eigenvalue weighted by molar-refractivity contribution is 0.0519. The average molecular weight is 729 g/mol. The number of primary sulfonamides is 1. The third-order valence-electron chi connectivity index (χ3n) is 12.3. The van der Waals surface area contributed by atoms with Gasteiger partial charge in [0.1, 0.15) is 5.75 Å². The molecule has 49 heavy (non-hydrogen) atoms. The molecule has 11 heteroatoms. The minimum absolute atomic E-state index is 0.0215. The van der Waals surface area contributed by atoms with Crippen molar-refractivity contribution in [2.75, 3.05) is 30.3 Å². The SMILES string of the molecule is CC(C)(C)[Si](C)(C)OC(/C=C\[C@@H]1CC[C@H]1CS(N)(=O)=O)[C@@H]1CC[C@H]1CN1C[C@@]2(CCCc3cc(Cl)ccc32)COc2ccc(C(=O)O)cc21. The highest BCUT2D eigenvalue weighted by Crippen LogP contribution is 2.48. The van der Waals surface area contributed by atoms with E-state index in [2.05, 4.69) is 63.0 Å². The lowest BCUT2D eigenvalue weighted by Crippen LogP contribution is -2.52. The van der Waals surface area contributed by atoms with Crippen LogP contribution in [-0.4, -0.2) is 59.4 Å². The van der Waals surface area contributed by atoms with Crippen LogP contribution in [0.25, 0.3) is 0 Å². The first-order valence-corrected chi connectivity index (χ1v) is 22.9. The highest BCUT2D eigenvalue weighted by molar-refractivity contribution is 7.89. The van der Waals surface area contributed by atoms with Crippen LogP contribution in [0.1, 0.15) is 80.8 Å². The van der Waals surface area contributed by atoms with Gasteiger partial charge in [0.25, 0.3) is 0 Å². The number of halogens is 1. The Labute approximate surface area is 298 Å². The van der Waals surface area contributed by atoms with Crippen molar-refractivity contribution in [3.05, 3.63) is 70.3 Å². The van der Waals surface area contributed by atoms with Gasteiger partial charge in [0.2, 0.25) is 10.0 Å². The molecule has 1 aliphatic heterocycles. The molecule has 2 aromatic rings.